The number of halogens is 3. The monoisotopic (exact) mass is 260 g/mol. The normalized spacial score (nSPS) is 12.0. The van der Waals surface area contributed by atoms with Gasteiger partial charge < -0.3 is 21.7 Å². The lowest BCUT2D eigenvalue weighted by Gasteiger charge is -2.01. The van der Waals surface area contributed by atoms with Crippen molar-refractivity contribution in [3.05, 3.63) is 0 Å². The van der Waals surface area contributed by atoms with Crippen molar-refractivity contribution in [3.63, 3.8) is 0 Å². The van der Waals surface area contributed by atoms with Crippen LogP contribution in [0.25, 0.3) is 0 Å². The summed E-state index contributed by atoms with van der Waals surface area (Å²) in [5.41, 5.74) is 9.81. The number of carboxylic acid groups (broad SMARTS) is 2. The Bertz CT molecular complexity index is 292. The van der Waals surface area contributed by atoms with Gasteiger partial charge in [0, 0.05) is 6.42 Å². The van der Waals surface area contributed by atoms with Gasteiger partial charge in [-0.05, 0) is 6.42 Å². The molecule has 7 nitrogen and oxygen atoms in total. The van der Waals surface area contributed by atoms with E-state index >= 15 is 0 Å². The Morgan fingerprint density at radius 1 is 1.18 bits per heavy atom. The van der Waals surface area contributed by atoms with Gasteiger partial charge in [-0.2, -0.15) is 13.2 Å². The molecule has 0 aliphatic carbocycles. The van der Waals surface area contributed by atoms with Crippen molar-refractivity contribution in [2.75, 3.05) is 0 Å². The SMILES string of the molecule is NC(=O)CC[C@H](N)C(=O)O.O=C(O)C(F)(F)F. The van der Waals surface area contributed by atoms with Crippen molar-refractivity contribution in [2.24, 2.45) is 11.5 Å². The van der Waals surface area contributed by atoms with E-state index in [2.05, 4.69) is 0 Å². The van der Waals surface area contributed by atoms with Crippen LogP contribution in [0, 0.1) is 0 Å². The Labute approximate surface area is 93.2 Å². The summed E-state index contributed by atoms with van der Waals surface area (Å²) in [5, 5.41) is 15.3. The lowest BCUT2D eigenvalue weighted by atomic mass is 10.2. The predicted octanol–water partition coefficient (Wildman–Crippen LogP) is -0.703. The molecule has 0 spiro atoms. The van der Waals surface area contributed by atoms with Crippen molar-refractivity contribution < 1.29 is 37.8 Å². The number of primary amides is 1. The van der Waals surface area contributed by atoms with Crippen LogP contribution in [0.15, 0.2) is 0 Å². The number of carbonyl (C=O) groups excluding carboxylic acids is 1. The van der Waals surface area contributed by atoms with Gasteiger partial charge in [0.15, 0.2) is 0 Å². The van der Waals surface area contributed by atoms with Crippen LogP contribution < -0.4 is 11.5 Å². The standard InChI is InChI=1S/C5H10N2O3.C2HF3O2/c6-3(5(9)10)1-2-4(7)8;3-2(4,5)1(6)7/h3H,1-2,6H2,(H2,7,8)(H,9,10);(H,6,7)/t3-;/m0./s1. The molecule has 0 radical (unpaired) electrons. The third-order valence-corrected chi connectivity index (χ3v) is 1.26. The van der Waals surface area contributed by atoms with E-state index in [0.29, 0.717) is 0 Å². The molecule has 1 amide bonds. The topological polar surface area (TPSA) is 144 Å². The molecule has 0 heterocycles. The largest absolute Gasteiger partial charge is 0.490 e. The number of hydrogen-bond donors (Lipinski definition) is 4. The molecule has 1 atom stereocenters. The number of carbonyl (C=O) groups is 3. The summed E-state index contributed by atoms with van der Waals surface area (Å²) in [5.74, 6) is -4.40. The maximum Gasteiger partial charge on any atom is 0.490 e. The highest BCUT2D eigenvalue weighted by Gasteiger charge is 2.38. The van der Waals surface area contributed by atoms with Gasteiger partial charge in [0.2, 0.25) is 5.91 Å². The van der Waals surface area contributed by atoms with Crippen LogP contribution in [-0.4, -0.2) is 40.3 Å². The number of hydrogen-bond acceptors (Lipinski definition) is 4. The van der Waals surface area contributed by atoms with Crippen LogP contribution in [0.3, 0.4) is 0 Å². The molecule has 6 N–H and O–H groups in total. The molecule has 100 valence electrons. The van der Waals surface area contributed by atoms with Crippen LogP contribution in [0.4, 0.5) is 13.2 Å². The molecule has 0 unspecified atom stereocenters. The van der Waals surface area contributed by atoms with E-state index in [1.165, 1.54) is 0 Å². The zero-order valence-corrected chi connectivity index (χ0v) is 8.40. The summed E-state index contributed by atoms with van der Waals surface area (Å²) in [4.78, 5) is 29.0. The molecule has 0 saturated carbocycles. The lowest BCUT2D eigenvalue weighted by molar-refractivity contribution is -0.192. The highest BCUT2D eigenvalue weighted by molar-refractivity contribution is 5.77. The van der Waals surface area contributed by atoms with Gasteiger partial charge >= 0.3 is 18.1 Å². The summed E-state index contributed by atoms with van der Waals surface area (Å²) >= 11 is 0. The molecule has 0 aliphatic heterocycles. The molecule has 17 heavy (non-hydrogen) atoms. The third kappa shape index (κ3) is 12.1. The highest BCUT2D eigenvalue weighted by Crippen LogP contribution is 2.13. The molecule has 0 rings (SSSR count). The number of nitrogens with two attached hydrogens (primary N) is 2. The fourth-order valence-electron chi connectivity index (χ4n) is 0.421. The maximum absolute atomic E-state index is 10.6. The Hall–Kier alpha value is -1.84. The van der Waals surface area contributed by atoms with Crippen molar-refractivity contribution in [2.45, 2.75) is 25.1 Å². The van der Waals surface area contributed by atoms with E-state index in [1.54, 1.807) is 0 Å². The first-order valence-corrected chi connectivity index (χ1v) is 4.05. The molecule has 0 fully saturated rings. The summed E-state index contributed by atoms with van der Waals surface area (Å²) in [6.07, 6.45) is -4.96. The van der Waals surface area contributed by atoms with Gasteiger partial charge in [-0.1, -0.05) is 0 Å². The van der Waals surface area contributed by atoms with Crippen molar-refractivity contribution >= 4 is 17.8 Å². The molecule has 0 aromatic rings. The Balaban J connectivity index is 0. The molecule has 0 aromatic heterocycles. The van der Waals surface area contributed by atoms with Gasteiger partial charge in [-0.3, -0.25) is 9.59 Å². The van der Waals surface area contributed by atoms with Gasteiger partial charge in [0.05, 0.1) is 0 Å². The fraction of sp³-hybridized carbons (Fsp3) is 0.571. The van der Waals surface area contributed by atoms with Crippen molar-refractivity contribution in [1.82, 2.24) is 0 Å². The first-order chi connectivity index (χ1) is 7.48. The number of amides is 1. The zero-order valence-electron chi connectivity index (χ0n) is 8.40. The van der Waals surface area contributed by atoms with E-state index in [-0.39, 0.29) is 12.8 Å². The van der Waals surface area contributed by atoms with Gasteiger partial charge in [-0.25, -0.2) is 4.79 Å². The van der Waals surface area contributed by atoms with E-state index in [0.717, 1.165) is 0 Å². The maximum atomic E-state index is 10.6. The second-order valence-corrected chi connectivity index (χ2v) is 2.75. The molecule has 0 aliphatic rings. The quantitative estimate of drug-likeness (QED) is 0.526. The number of alkyl halides is 3. The predicted molar refractivity (Wildman–Crippen MR) is 47.7 cm³/mol. The molecule has 0 aromatic carbocycles. The average molecular weight is 260 g/mol. The minimum absolute atomic E-state index is 0.0213. The van der Waals surface area contributed by atoms with Crippen LogP contribution >= 0.6 is 0 Å². The van der Waals surface area contributed by atoms with E-state index in [4.69, 9.17) is 26.5 Å². The smallest absolute Gasteiger partial charge is 0.480 e. The lowest BCUT2D eigenvalue weighted by Crippen LogP contribution is -2.31. The summed E-state index contributed by atoms with van der Waals surface area (Å²) in [6, 6.07) is -0.979. The van der Waals surface area contributed by atoms with Crippen molar-refractivity contribution in [3.8, 4) is 0 Å². The molecule has 0 bridgehead atoms. The minimum Gasteiger partial charge on any atom is -0.480 e. The summed E-state index contributed by atoms with van der Waals surface area (Å²) < 4.78 is 31.7. The zero-order chi connectivity index (χ0) is 14.2. The van der Waals surface area contributed by atoms with Crippen LogP contribution in [0.1, 0.15) is 12.8 Å². The second-order valence-electron chi connectivity index (χ2n) is 2.75. The number of rotatable bonds is 4. The first kappa shape index (κ1) is 17.6. The molecular weight excluding hydrogens is 249 g/mol. The number of carboxylic acids is 2. The van der Waals surface area contributed by atoms with Crippen LogP contribution in [0.5, 0.6) is 0 Å². The van der Waals surface area contributed by atoms with E-state index in [1.807, 2.05) is 0 Å². The van der Waals surface area contributed by atoms with Gasteiger partial charge in [0.25, 0.3) is 0 Å². The Kier molecular flexibility index (Phi) is 7.68. The first-order valence-electron chi connectivity index (χ1n) is 4.05. The van der Waals surface area contributed by atoms with Gasteiger partial charge in [0.1, 0.15) is 6.04 Å². The fourth-order valence-corrected chi connectivity index (χ4v) is 0.421. The number of aliphatic carboxylic acids is 2. The van der Waals surface area contributed by atoms with Crippen LogP contribution in [-0.2, 0) is 14.4 Å². The minimum atomic E-state index is -5.08. The summed E-state index contributed by atoms with van der Waals surface area (Å²) in [7, 11) is 0. The van der Waals surface area contributed by atoms with Gasteiger partial charge in [-0.15, -0.1) is 0 Å². The highest BCUT2D eigenvalue weighted by atomic mass is 19.4. The third-order valence-electron chi connectivity index (χ3n) is 1.26. The average Bonchev–Trinajstić information content (AvgIpc) is 2.13. The van der Waals surface area contributed by atoms with Crippen molar-refractivity contribution in [1.29, 1.82) is 0 Å². The van der Waals surface area contributed by atoms with Crippen LogP contribution in [0.2, 0.25) is 0 Å². The molecular formula is C7H11F3N2O5. The van der Waals surface area contributed by atoms with E-state index < -0.39 is 30.1 Å². The molecule has 0 saturated heterocycles. The molecule has 10 heteroatoms. The Morgan fingerprint density at radius 3 is 1.71 bits per heavy atom. The summed E-state index contributed by atoms with van der Waals surface area (Å²) in [6.45, 7) is 0. The van der Waals surface area contributed by atoms with E-state index in [9.17, 15) is 22.8 Å². The second kappa shape index (κ2) is 7.44. The Morgan fingerprint density at radius 2 is 1.53 bits per heavy atom.